The predicted octanol–water partition coefficient (Wildman–Crippen LogP) is 2.58. The number of hydrogen-bond acceptors (Lipinski definition) is 2. The molecule has 1 fully saturated rings. The fourth-order valence-electron chi connectivity index (χ4n) is 1.87. The average molecular weight is 141 g/mol. The lowest BCUT2D eigenvalue weighted by atomic mass is 9.79. The van der Waals surface area contributed by atoms with E-state index in [2.05, 4.69) is 19.0 Å². The van der Waals surface area contributed by atoms with Crippen LogP contribution in [0, 0.1) is 16.7 Å². The topological polar surface area (TPSA) is 29.4 Å². The first-order valence-corrected chi connectivity index (χ1v) is 4.08. The van der Waals surface area contributed by atoms with E-state index in [1.165, 1.54) is 19.3 Å². The van der Waals surface area contributed by atoms with Gasteiger partial charge >= 0.3 is 0 Å². The van der Waals surface area contributed by atoms with Crippen LogP contribution in [0.25, 0.3) is 0 Å². The maximum atomic E-state index is 10.3. The van der Waals surface area contributed by atoms with Gasteiger partial charge in [0.15, 0.2) is 0 Å². The average Bonchev–Trinajstić information content (AvgIpc) is 1.88. The second kappa shape index (κ2) is 3.13. The molecule has 58 valence electrons. The molecule has 0 spiro atoms. The Kier molecular flexibility index (Phi) is 2.41. The molecule has 1 saturated carbocycles. The van der Waals surface area contributed by atoms with Crippen LogP contribution in [-0.4, -0.2) is 6.04 Å². The highest BCUT2D eigenvalue weighted by Gasteiger charge is 2.28. The highest BCUT2D eigenvalue weighted by molar-refractivity contribution is 4.82. The Morgan fingerprint density at radius 3 is 2.00 bits per heavy atom. The minimum atomic E-state index is 0.0914. The summed E-state index contributed by atoms with van der Waals surface area (Å²) in [6.07, 6.45) is 3.63. The molecule has 2 atom stereocenters. The van der Waals surface area contributed by atoms with E-state index in [1.54, 1.807) is 0 Å². The Bertz CT molecular complexity index is 114. The van der Waals surface area contributed by atoms with E-state index in [4.69, 9.17) is 0 Å². The van der Waals surface area contributed by atoms with Gasteiger partial charge in [-0.2, -0.15) is 4.91 Å². The van der Waals surface area contributed by atoms with Crippen LogP contribution in [0.15, 0.2) is 5.18 Å². The third-order valence-electron chi connectivity index (χ3n) is 2.61. The first kappa shape index (κ1) is 7.70. The summed E-state index contributed by atoms with van der Waals surface area (Å²) in [5.74, 6) is 1.03. The SMILES string of the molecule is CC1CCCC(C)C1N=O. The van der Waals surface area contributed by atoms with E-state index >= 15 is 0 Å². The zero-order valence-corrected chi connectivity index (χ0v) is 6.71. The molecule has 0 aromatic carbocycles. The van der Waals surface area contributed by atoms with E-state index in [0.29, 0.717) is 11.8 Å². The second-order valence-electron chi connectivity index (χ2n) is 3.48. The number of nitroso groups, excluding NO2 is 1. The molecule has 0 saturated heterocycles. The van der Waals surface area contributed by atoms with E-state index in [1.807, 2.05) is 0 Å². The van der Waals surface area contributed by atoms with E-state index in [9.17, 15) is 4.91 Å². The van der Waals surface area contributed by atoms with Crippen LogP contribution in [0.1, 0.15) is 33.1 Å². The molecule has 0 bridgehead atoms. The smallest absolute Gasteiger partial charge is 0.0970 e. The zero-order valence-electron chi connectivity index (χ0n) is 6.71. The minimum Gasteiger partial charge on any atom is -0.150 e. The Morgan fingerprint density at radius 2 is 1.70 bits per heavy atom. The van der Waals surface area contributed by atoms with Gasteiger partial charge in [-0.1, -0.05) is 25.4 Å². The molecule has 0 aromatic rings. The van der Waals surface area contributed by atoms with Crippen molar-refractivity contribution in [3.05, 3.63) is 4.91 Å². The third kappa shape index (κ3) is 1.36. The summed E-state index contributed by atoms with van der Waals surface area (Å²) < 4.78 is 0. The summed E-state index contributed by atoms with van der Waals surface area (Å²) in [4.78, 5) is 10.3. The number of hydrogen-bond donors (Lipinski definition) is 0. The van der Waals surface area contributed by atoms with Crippen molar-refractivity contribution in [3.63, 3.8) is 0 Å². The molecule has 10 heavy (non-hydrogen) atoms. The van der Waals surface area contributed by atoms with E-state index in [0.717, 1.165) is 0 Å². The molecule has 0 aliphatic heterocycles. The van der Waals surface area contributed by atoms with Crippen molar-refractivity contribution in [1.82, 2.24) is 0 Å². The van der Waals surface area contributed by atoms with Gasteiger partial charge in [-0.3, -0.25) is 0 Å². The van der Waals surface area contributed by atoms with Gasteiger partial charge in [0.2, 0.25) is 0 Å². The van der Waals surface area contributed by atoms with Gasteiger partial charge in [0.05, 0.1) is 6.04 Å². The summed E-state index contributed by atoms with van der Waals surface area (Å²) >= 11 is 0. The largest absolute Gasteiger partial charge is 0.150 e. The lowest BCUT2D eigenvalue weighted by molar-refractivity contribution is 0.251. The summed E-state index contributed by atoms with van der Waals surface area (Å²) in [5.41, 5.74) is 0. The van der Waals surface area contributed by atoms with Crippen molar-refractivity contribution >= 4 is 0 Å². The van der Waals surface area contributed by atoms with Crippen LogP contribution < -0.4 is 0 Å². The monoisotopic (exact) mass is 141 g/mol. The highest BCUT2D eigenvalue weighted by Crippen LogP contribution is 2.30. The minimum absolute atomic E-state index is 0.0914. The van der Waals surface area contributed by atoms with Crippen molar-refractivity contribution in [3.8, 4) is 0 Å². The Morgan fingerprint density at radius 1 is 1.20 bits per heavy atom. The van der Waals surface area contributed by atoms with Crippen molar-refractivity contribution in [2.75, 3.05) is 0 Å². The number of rotatable bonds is 1. The maximum absolute atomic E-state index is 10.3. The van der Waals surface area contributed by atoms with Crippen molar-refractivity contribution < 1.29 is 0 Å². The van der Waals surface area contributed by atoms with Crippen LogP contribution in [0.2, 0.25) is 0 Å². The van der Waals surface area contributed by atoms with Gasteiger partial charge in [0.25, 0.3) is 0 Å². The standard InChI is InChI=1S/C8H15NO/c1-6-4-3-5-7(2)8(6)9-10/h6-8H,3-5H2,1-2H3. The van der Waals surface area contributed by atoms with Crippen molar-refractivity contribution in [2.45, 2.75) is 39.2 Å². The first-order valence-electron chi connectivity index (χ1n) is 4.08. The fourth-order valence-corrected chi connectivity index (χ4v) is 1.87. The Hall–Kier alpha value is -0.400. The summed E-state index contributed by atoms with van der Waals surface area (Å²) in [5, 5.41) is 3.16. The molecule has 1 aliphatic carbocycles. The van der Waals surface area contributed by atoms with Gasteiger partial charge in [0.1, 0.15) is 0 Å². The molecule has 2 nitrogen and oxygen atoms in total. The maximum Gasteiger partial charge on any atom is 0.0970 e. The van der Waals surface area contributed by atoms with Crippen LogP contribution in [-0.2, 0) is 0 Å². The first-order chi connectivity index (χ1) is 4.75. The zero-order chi connectivity index (χ0) is 7.56. The van der Waals surface area contributed by atoms with Gasteiger partial charge in [-0.15, -0.1) is 0 Å². The lowest BCUT2D eigenvalue weighted by Crippen LogP contribution is -2.27. The van der Waals surface area contributed by atoms with E-state index < -0.39 is 0 Å². The molecule has 2 unspecified atom stereocenters. The molecule has 2 heteroatoms. The van der Waals surface area contributed by atoms with Crippen molar-refractivity contribution in [1.29, 1.82) is 0 Å². The molecular formula is C8H15NO. The molecule has 0 aromatic heterocycles. The molecule has 0 radical (unpaired) electrons. The van der Waals surface area contributed by atoms with Crippen molar-refractivity contribution in [2.24, 2.45) is 17.0 Å². The van der Waals surface area contributed by atoms with Crippen LogP contribution in [0.3, 0.4) is 0 Å². The van der Waals surface area contributed by atoms with E-state index in [-0.39, 0.29) is 6.04 Å². The molecule has 1 rings (SSSR count). The van der Waals surface area contributed by atoms with Gasteiger partial charge in [-0.25, -0.2) is 0 Å². The van der Waals surface area contributed by atoms with Gasteiger partial charge < -0.3 is 0 Å². The molecule has 1 aliphatic rings. The molecule has 0 N–H and O–H groups in total. The van der Waals surface area contributed by atoms with Crippen LogP contribution in [0.4, 0.5) is 0 Å². The second-order valence-corrected chi connectivity index (χ2v) is 3.48. The van der Waals surface area contributed by atoms with Crippen LogP contribution >= 0.6 is 0 Å². The third-order valence-corrected chi connectivity index (χ3v) is 2.61. The lowest BCUT2D eigenvalue weighted by Gasteiger charge is -2.28. The Balaban J connectivity index is 2.53. The van der Waals surface area contributed by atoms with Gasteiger partial charge in [0, 0.05) is 0 Å². The number of nitrogens with zero attached hydrogens (tertiary/aromatic N) is 1. The normalized spacial score (nSPS) is 41.2. The summed E-state index contributed by atoms with van der Waals surface area (Å²) in [7, 11) is 0. The summed E-state index contributed by atoms with van der Waals surface area (Å²) in [6, 6.07) is 0.0914. The van der Waals surface area contributed by atoms with Crippen LogP contribution in [0.5, 0.6) is 0 Å². The fraction of sp³-hybridized carbons (Fsp3) is 1.00. The summed E-state index contributed by atoms with van der Waals surface area (Å²) in [6.45, 7) is 4.25. The molecule has 0 amide bonds. The predicted molar refractivity (Wildman–Crippen MR) is 41.8 cm³/mol. The highest BCUT2D eigenvalue weighted by atomic mass is 16.3. The van der Waals surface area contributed by atoms with Gasteiger partial charge in [-0.05, 0) is 24.7 Å². The quantitative estimate of drug-likeness (QED) is 0.516. The molecular weight excluding hydrogens is 126 g/mol. The Labute approximate surface area is 62.0 Å². The molecule has 0 heterocycles.